The van der Waals surface area contributed by atoms with Gasteiger partial charge in [-0.2, -0.15) is 0 Å². The zero-order chi connectivity index (χ0) is 10.8. The van der Waals surface area contributed by atoms with Gasteiger partial charge in [0.25, 0.3) is 5.89 Å². The number of hydrogen-bond acceptors (Lipinski definition) is 3. The summed E-state index contributed by atoms with van der Waals surface area (Å²) in [7, 11) is 0. The summed E-state index contributed by atoms with van der Waals surface area (Å²) in [5.41, 5.74) is 2.71. The van der Waals surface area contributed by atoms with Crippen LogP contribution in [0.2, 0.25) is 0 Å². The molecule has 0 fully saturated rings. The van der Waals surface area contributed by atoms with E-state index in [1.54, 1.807) is 6.07 Å². The molecule has 2 rings (SSSR count). The fourth-order valence-corrected chi connectivity index (χ4v) is 1.45. The third-order valence-electron chi connectivity index (χ3n) is 2.48. The molecule has 1 heterocycles. The fourth-order valence-electron chi connectivity index (χ4n) is 1.45. The van der Waals surface area contributed by atoms with E-state index in [9.17, 15) is 4.79 Å². The van der Waals surface area contributed by atoms with Crippen molar-refractivity contribution in [2.24, 2.45) is 0 Å². The molecule has 3 heteroatoms. The van der Waals surface area contributed by atoms with Crippen LogP contribution in [0.15, 0.2) is 35.1 Å². The highest BCUT2D eigenvalue weighted by molar-refractivity contribution is 6.07. The predicted molar refractivity (Wildman–Crippen MR) is 55.9 cm³/mol. The van der Waals surface area contributed by atoms with Crippen LogP contribution in [0.3, 0.4) is 0 Å². The Morgan fingerprint density at radius 1 is 1.33 bits per heavy atom. The van der Waals surface area contributed by atoms with E-state index in [1.807, 2.05) is 26.0 Å². The van der Waals surface area contributed by atoms with Crippen molar-refractivity contribution in [3.63, 3.8) is 0 Å². The lowest BCUT2D eigenvalue weighted by Gasteiger charge is -2.04. The maximum absolute atomic E-state index is 11.9. The Labute approximate surface area is 87.8 Å². The lowest BCUT2D eigenvalue weighted by molar-refractivity contribution is 0.100. The second-order valence-electron chi connectivity index (χ2n) is 3.41. The van der Waals surface area contributed by atoms with Gasteiger partial charge in [-0.05, 0) is 25.0 Å². The molecular formula is C12H11NO2. The first-order chi connectivity index (χ1) is 7.20. The number of rotatable bonds is 2. The van der Waals surface area contributed by atoms with Crippen LogP contribution in [0.25, 0.3) is 0 Å². The van der Waals surface area contributed by atoms with Gasteiger partial charge in [0.05, 0.1) is 6.20 Å². The Kier molecular flexibility index (Phi) is 2.37. The quantitative estimate of drug-likeness (QED) is 0.701. The molecule has 0 saturated carbocycles. The molecule has 0 aliphatic rings. The lowest BCUT2D eigenvalue weighted by atomic mass is 10.0. The largest absolute Gasteiger partial charge is 0.442 e. The van der Waals surface area contributed by atoms with Crippen LogP contribution < -0.4 is 0 Å². The maximum Gasteiger partial charge on any atom is 0.268 e. The van der Waals surface area contributed by atoms with Crippen LogP contribution in [0, 0.1) is 13.8 Å². The Morgan fingerprint density at radius 3 is 2.80 bits per heavy atom. The van der Waals surface area contributed by atoms with Gasteiger partial charge in [-0.1, -0.05) is 18.2 Å². The number of aromatic nitrogens is 1. The van der Waals surface area contributed by atoms with E-state index in [1.165, 1.54) is 12.5 Å². The van der Waals surface area contributed by atoms with Gasteiger partial charge in [0, 0.05) is 5.56 Å². The van der Waals surface area contributed by atoms with Crippen molar-refractivity contribution >= 4 is 5.78 Å². The molecule has 0 bridgehead atoms. The standard InChI is InChI=1S/C12H11NO2/c1-8-4-3-5-10(9(8)2)11(14)12-13-6-7-15-12/h3-7H,1-2H3. The van der Waals surface area contributed by atoms with E-state index in [0.717, 1.165) is 11.1 Å². The highest BCUT2D eigenvalue weighted by atomic mass is 16.3. The second kappa shape index (κ2) is 3.69. The van der Waals surface area contributed by atoms with Crippen LogP contribution >= 0.6 is 0 Å². The van der Waals surface area contributed by atoms with E-state index in [4.69, 9.17) is 4.42 Å². The van der Waals surface area contributed by atoms with Crippen LogP contribution in [-0.2, 0) is 0 Å². The molecule has 0 aliphatic heterocycles. The summed E-state index contributed by atoms with van der Waals surface area (Å²) < 4.78 is 4.98. The van der Waals surface area contributed by atoms with Crippen molar-refractivity contribution in [1.29, 1.82) is 0 Å². The first kappa shape index (κ1) is 9.65. The highest BCUT2D eigenvalue weighted by Gasteiger charge is 2.16. The normalized spacial score (nSPS) is 10.3. The molecule has 2 aromatic rings. The molecule has 0 saturated heterocycles. The van der Waals surface area contributed by atoms with Gasteiger partial charge in [-0.3, -0.25) is 4.79 Å². The van der Waals surface area contributed by atoms with Crippen molar-refractivity contribution in [3.05, 3.63) is 53.2 Å². The van der Waals surface area contributed by atoms with Crippen LogP contribution in [0.1, 0.15) is 27.4 Å². The minimum atomic E-state index is -0.166. The molecule has 0 N–H and O–H groups in total. The molecule has 0 aliphatic carbocycles. The number of hydrogen-bond donors (Lipinski definition) is 0. The van der Waals surface area contributed by atoms with E-state index >= 15 is 0 Å². The number of benzene rings is 1. The summed E-state index contributed by atoms with van der Waals surface area (Å²) in [4.78, 5) is 15.8. The number of oxazole rings is 1. The summed E-state index contributed by atoms with van der Waals surface area (Å²) in [6, 6.07) is 5.62. The fraction of sp³-hybridized carbons (Fsp3) is 0.167. The van der Waals surface area contributed by atoms with Gasteiger partial charge in [0.2, 0.25) is 5.78 Å². The number of ketones is 1. The zero-order valence-corrected chi connectivity index (χ0v) is 8.65. The zero-order valence-electron chi connectivity index (χ0n) is 8.65. The van der Waals surface area contributed by atoms with E-state index in [-0.39, 0.29) is 11.7 Å². The number of carbonyl (C=O) groups excluding carboxylic acids is 1. The third kappa shape index (κ3) is 1.68. The molecule has 3 nitrogen and oxygen atoms in total. The molecule has 1 aromatic heterocycles. The third-order valence-corrected chi connectivity index (χ3v) is 2.48. The van der Waals surface area contributed by atoms with Gasteiger partial charge in [0.15, 0.2) is 0 Å². The first-order valence-corrected chi connectivity index (χ1v) is 4.70. The maximum atomic E-state index is 11.9. The van der Waals surface area contributed by atoms with Crippen molar-refractivity contribution in [3.8, 4) is 0 Å². The highest BCUT2D eigenvalue weighted by Crippen LogP contribution is 2.16. The average Bonchev–Trinajstić information content (AvgIpc) is 2.74. The molecule has 0 radical (unpaired) electrons. The Bertz CT molecular complexity index is 486. The van der Waals surface area contributed by atoms with Gasteiger partial charge in [0.1, 0.15) is 6.26 Å². The van der Waals surface area contributed by atoms with E-state index in [2.05, 4.69) is 4.98 Å². The van der Waals surface area contributed by atoms with Gasteiger partial charge in [-0.15, -0.1) is 0 Å². The molecular weight excluding hydrogens is 190 g/mol. The molecule has 1 aromatic carbocycles. The summed E-state index contributed by atoms with van der Waals surface area (Å²) >= 11 is 0. The van der Waals surface area contributed by atoms with E-state index < -0.39 is 0 Å². The van der Waals surface area contributed by atoms with Gasteiger partial charge in [-0.25, -0.2) is 4.98 Å². The molecule has 0 amide bonds. The van der Waals surface area contributed by atoms with Crippen molar-refractivity contribution in [1.82, 2.24) is 4.98 Å². The average molecular weight is 201 g/mol. The topological polar surface area (TPSA) is 43.1 Å². The Morgan fingerprint density at radius 2 is 2.13 bits per heavy atom. The summed E-state index contributed by atoms with van der Waals surface area (Å²) in [6.45, 7) is 3.90. The smallest absolute Gasteiger partial charge is 0.268 e. The molecule has 76 valence electrons. The Balaban J connectivity index is 2.47. The van der Waals surface area contributed by atoms with Crippen LogP contribution in [0.4, 0.5) is 0 Å². The minimum absolute atomic E-state index is 0.142. The van der Waals surface area contributed by atoms with Crippen molar-refractivity contribution in [2.75, 3.05) is 0 Å². The number of aryl methyl sites for hydroxylation is 1. The summed E-state index contributed by atoms with van der Waals surface area (Å²) in [5, 5.41) is 0. The van der Waals surface area contributed by atoms with Crippen LogP contribution in [0.5, 0.6) is 0 Å². The van der Waals surface area contributed by atoms with Crippen molar-refractivity contribution in [2.45, 2.75) is 13.8 Å². The lowest BCUT2D eigenvalue weighted by Crippen LogP contribution is -2.04. The monoisotopic (exact) mass is 201 g/mol. The first-order valence-electron chi connectivity index (χ1n) is 4.70. The molecule has 15 heavy (non-hydrogen) atoms. The van der Waals surface area contributed by atoms with Crippen molar-refractivity contribution < 1.29 is 9.21 Å². The predicted octanol–water partition coefficient (Wildman–Crippen LogP) is 2.52. The number of carbonyl (C=O) groups is 1. The van der Waals surface area contributed by atoms with Gasteiger partial charge >= 0.3 is 0 Å². The Hall–Kier alpha value is -1.90. The SMILES string of the molecule is Cc1cccc(C(=O)c2ncco2)c1C. The minimum Gasteiger partial charge on any atom is -0.442 e. The van der Waals surface area contributed by atoms with Gasteiger partial charge < -0.3 is 4.42 Å². The molecule has 0 atom stereocenters. The summed E-state index contributed by atoms with van der Waals surface area (Å²) in [5.74, 6) is -0.0232. The number of nitrogens with zero attached hydrogens (tertiary/aromatic N) is 1. The summed E-state index contributed by atoms with van der Waals surface area (Å²) in [6.07, 6.45) is 2.87. The molecule has 0 spiro atoms. The second-order valence-corrected chi connectivity index (χ2v) is 3.41. The molecule has 0 unspecified atom stereocenters. The van der Waals surface area contributed by atoms with Crippen LogP contribution in [-0.4, -0.2) is 10.8 Å². The van der Waals surface area contributed by atoms with E-state index in [0.29, 0.717) is 5.56 Å².